The zero-order chi connectivity index (χ0) is 23.4. The van der Waals surface area contributed by atoms with Crippen LogP contribution in [0.2, 0.25) is 0 Å². The number of hydrogen-bond donors (Lipinski definition) is 2. The Balaban J connectivity index is 2.31. The standard InChI is InChI=1S/C27H34O4/c1-25(2,3)21-12-11-16-9-8-10-18-20(15-27(6,7)24(30)31)17(13-19(21)22(16)18)14-26(4,5)23(28)29/h8-13,20H,14-15H2,1-7H3,(H,28,29)(H,30,31). The fourth-order valence-corrected chi connectivity index (χ4v) is 4.62. The maximum absolute atomic E-state index is 12.0. The third kappa shape index (κ3) is 4.26. The van der Waals surface area contributed by atoms with Gasteiger partial charge in [0.25, 0.3) is 0 Å². The first-order valence-electron chi connectivity index (χ1n) is 10.9. The smallest absolute Gasteiger partial charge is 0.309 e. The van der Waals surface area contributed by atoms with Gasteiger partial charge in [-0.3, -0.25) is 9.59 Å². The Hall–Kier alpha value is -2.62. The summed E-state index contributed by atoms with van der Waals surface area (Å²) in [7, 11) is 0. The van der Waals surface area contributed by atoms with Gasteiger partial charge in [0.05, 0.1) is 10.8 Å². The van der Waals surface area contributed by atoms with E-state index in [-0.39, 0.29) is 11.3 Å². The number of rotatable bonds is 6. The summed E-state index contributed by atoms with van der Waals surface area (Å²) in [6.07, 6.45) is 2.95. The minimum absolute atomic E-state index is 0.0757. The lowest BCUT2D eigenvalue weighted by molar-refractivity contribution is -0.148. The molecule has 0 aromatic heterocycles. The molecule has 0 spiro atoms. The highest BCUT2D eigenvalue weighted by Gasteiger charge is 2.39. The molecule has 0 saturated carbocycles. The first kappa shape index (κ1) is 23.1. The Morgan fingerprint density at radius 1 is 0.871 bits per heavy atom. The molecule has 2 aromatic carbocycles. The van der Waals surface area contributed by atoms with E-state index in [0.717, 1.165) is 27.5 Å². The second-order valence-corrected chi connectivity index (χ2v) is 11.3. The van der Waals surface area contributed by atoms with Crippen LogP contribution in [-0.4, -0.2) is 22.2 Å². The molecule has 0 saturated heterocycles. The Morgan fingerprint density at radius 2 is 1.48 bits per heavy atom. The lowest BCUT2D eigenvalue weighted by atomic mass is 9.67. The quantitative estimate of drug-likeness (QED) is 0.548. The van der Waals surface area contributed by atoms with Crippen molar-refractivity contribution < 1.29 is 19.8 Å². The Labute approximate surface area is 185 Å². The highest BCUT2D eigenvalue weighted by atomic mass is 16.4. The maximum Gasteiger partial charge on any atom is 0.309 e. The van der Waals surface area contributed by atoms with Crippen molar-refractivity contribution in [2.45, 2.75) is 72.6 Å². The summed E-state index contributed by atoms with van der Waals surface area (Å²) in [6.45, 7) is 13.5. The zero-order valence-electron chi connectivity index (χ0n) is 19.7. The van der Waals surface area contributed by atoms with Gasteiger partial charge in [0, 0.05) is 5.92 Å². The molecule has 1 aliphatic carbocycles. The molecule has 4 heteroatoms. The fraction of sp³-hybridized carbons (Fsp3) is 0.481. The third-order valence-corrected chi connectivity index (χ3v) is 6.60. The highest BCUT2D eigenvalue weighted by Crippen LogP contribution is 2.49. The molecular weight excluding hydrogens is 388 g/mol. The van der Waals surface area contributed by atoms with Crippen molar-refractivity contribution in [3.05, 3.63) is 52.6 Å². The number of carboxylic acid groups (broad SMARTS) is 2. The third-order valence-electron chi connectivity index (χ3n) is 6.60. The van der Waals surface area contributed by atoms with Gasteiger partial charge in [-0.2, -0.15) is 0 Å². The van der Waals surface area contributed by atoms with Gasteiger partial charge in [-0.25, -0.2) is 0 Å². The molecule has 0 fully saturated rings. The van der Waals surface area contributed by atoms with Gasteiger partial charge in [0.2, 0.25) is 0 Å². The molecule has 31 heavy (non-hydrogen) atoms. The summed E-state index contributed by atoms with van der Waals surface area (Å²) in [5.74, 6) is -1.83. The molecule has 0 radical (unpaired) electrons. The molecule has 166 valence electrons. The summed E-state index contributed by atoms with van der Waals surface area (Å²) >= 11 is 0. The number of carboxylic acids is 2. The van der Waals surface area contributed by atoms with E-state index < -0.39 is 22.8 Å². The van der Waals surface area contributed by atoms with Gasteiger partial charge in [-0.15, -0.1) is 0 Å². The lowest BCUT2D eigenvalue weighted by Crippen LogP contribution is -2.30. The van der Waals surface area contributed by atoms with Gasteiger partial charge in [0.1, 0.15) is 0 Å². The Kier molecular flexibility index (Phi) is 5.58. The molecule has 2 N–H and O–H groups in total. The van der Waals surface area contributed by atoms with E-state index in [9.17, 15) is 19.8 Å². The second-order valence-electron chi connectivity index (χ2n) is 11.3. The minimum Gasteiger partial charge on any atom is -0.481 e. The van der Waals surface area contributed by atoms with E-state index in [2.05, 4.69) is 51.1 Å². The molecule has 1 aliphatic rings. The van der Waals surface area contributed by atoms with Crippen molar-refractivity contribution >= 4 is 28.8 Å². The molecule has 0 amide bonds. The summed E-state index contributed by atoms with van der Waals surface area (Å²) in [5, 5.41) is 21.9. The van der Waals surface area contributed by atoms with Crippen LogP contribution in [0.5, 0.6) is 0 Å². The predicted octanol–water partition coefficient (Wildman–Crippen LogP) is 6.62. The molecule has 0 bridgehead atoms. The van der Waals surface area contributed by atoms with Crippen molar-refractivity contribution in [3.63, 3.8) is 0 Å². The molecular formula is C27H34O4. The van der Waals surface area contributed by atoms with Gasteiger partial charge < -0.3 is 10.2 Å². The lowest BCUT2D eigenvalue weighted by Gasteiger charge is -2.36. The summed E-state index contributed by atoms with van der Waals surface area (Å²) in [4.78, 5) is 23.9. The Bertz CT molecular complexity index is 1080. The van der Waals surface area contributed by atoms with Crippen molar-refractivity contribution in [1.82, 2.24) is 0 Å². The van der Waals surface area contributed by atoms with E-state index in [0.29, 0.717) is 12.8 Å². The van der Waals surface area contributed by atoms with Gasteiger partial charge in [-0.05, 0) is 73.4 Å². The predicted molar refractivity (Wildman–Crippen MR) is 125 cm³/mol. The number of hydrogen-bond acceptors (Lipinski definition) is 2. The highest BCUT2D eigenvalue weighted by molar-refractivity contribution is 5.98. The van der Waals surface area contributed by atoms with Crippen molar-refractivity contribution in [2.75, 3.05) is 0 Å². The van der Waals surface area contributed by atoms with E-state index in [1.165, 1.54) is 5.56 Å². The van der Waals surface area contributed by atoms with Gasteiger partial charge >= 0.3 is 11.9 Å². The van der Waals surface area contributed by atoms with Crippen LogP contribution in [-0.2, 0) is 15.0 Å². The monoisotopic (exact) mass is 422 g/mol. The number of carbonyl (C=O) groups is 2. The first-order chi connectivity index (χ1) is 14.1. The van der Waals surface area contributed by atoms with Crippen LogP contribution in [0.1, 0.15) is 83.9 Å². The summed E-state index contributed by atoms with van der Waals surface area (Å²) in [6, 6.07) is 10.5. The Morgan fingerprint density at radius 3 is 2.03 bits per heavy atom. The topological polar surface area (TPSA) is 74.6 Å². The van der Waals surface area contributed by atoms with E-state index >= 15 is 0 Å². The van der Waals surface area contributed by atoms with Crippen molar-refractivity contribution in [1.29, 1.82) is 0 Å². The van der Waals surface area contributed by atoms with E-state index in [1.807, 2.05) is 6.07 Å². The normalized spacial score (nSPS) is 16.9. The molecule has 0 aliphatic heterocycles. The van der Waals surface area contributed by atoms with Crippen LogP contribution < -0.4 is 0 Å². The molecule has 2 aromatic rings. The average Bonchev–Trinajstić information content (AvgIpc) is 2.63. The van der Waals surface area contributed by atoms with E-state index in [1.54, 1.807) is 27.7 Å². The number of aliphatic carboxylic acids is 2. The summed E-state index contributed by atoms with van der Waals surface area (Å²) < 4.78 is 0. The SMILES string of the molecule is CC(C)(CC1=Cc2c(C(C)(C)C)ccc3cccc(c23)C1CC(C)(C)C(=O)O)C(=O)O. The second kappa shape index (κ2) is 7.51. The largest absolute Gasteiger partial charge is 0.481 e. The summed E-state index contributed by atoms with van der Waals surface area (Å²) in [5.41, 5.74) is 2.51. The maximum atomic E-state index is 12.0. The van der Waals surface area contributed by atoms with Crippen LogP contribution in [0.25, 0.3) is 16.8 Å². The number of allylic oxidation sites excluding steroid dienone is 1. The first-order valence-corrected chi connectivity index (χ1v) is 10.9. The zero-order valence-corrected chi connectivity index (χ0v) is 19.7. The van der Waals surface area contributed by atoms with Gasteiger partial charge in [0.15, 0.2) is 0 Å². The molecule has 3 rings (SSSR count). The molecule has 1 unspecified atom stereocenters. The van der Waals surface area contributed by atoms with Crippen LogP contribution in [0.15, 0.2) is 35.9 Å². The van der Waals surface area contributed by atoms with Gasteiger partial charge in [-0.1, -0.05) is 62.8 Å². The van der Waals surface area contributed by atoms with Crippen LogP contribution in [0.3, 0.4) is 0 Å². The van der Waals surface area contributed by atoms with Crippen LogP contribution in [0.4, 0.5) is 0 Å². The van der Waals surface area contributed by atoms with Crippen molar-refractivity contribution in [3.8, 4) is 0 Å². The van der Waals surface area contributed by atoms with Crippen molar-refractivity contribution in [2.24, 2.45) is 10.8 Å². The molecule has 0 heterocycles. The number of benzene rings is 2. The van der Waals surface area contributed by atoms with E-state index in [4.69, 9.17) is 0 Å². The molecule has 4 nitrogen and oxygen atoms in total. The fourth-order valence-electron chi connectivity index (χ4n) is 4.62. The average molecular weight is 423 g/mol. The molecule has 1 atom stereocenters. The minimum atomic E-state index is -0.945. The van der Waals surface area contributed by atoms with Crippen LogP contribution in [0, 0.1) is 10.8 Å². The van der Waals surface area contributed by atoms with Crippen LogP contribution >= 0.6 is 0 Å².